The lowest BCUT2D eigenvalue weighted by molar-refractivity contribution is -0.134. The Hall–Kier alpha value is -2.18. The van der Waals surface area contributed by atoms with E-state index in [9.17, 15) is 9.59 Å². The maximum atomic E-state index is 9.55. The molecule has 0 spiro atoms. The van der Waals surface area contributed by atoms with Gasteiger partial charge in [0.05, 0.1) is 0 Å². The Bertz CT molecular complexity index is 489. The summed E-state index contributed by atoms with van der Waals surface area (Å²) in [7, 11) is 0. The smallest absolute Gasteiger partial charge is 0.328 e. The Kier molecular flexibility index (Phi) is 7.88. The van der Waals surface area contributed by atoms with Gasteiger partial charge in [-0.3, -0.25) is 4.90 Å². The Morgan fingerprint density at radius 1 is 1.09 bits per heavy atom. The fourth-order valence-corrected chi connectivity index (χ4v) is 1.96. The summed E-state index contributed by atoms with van der Waals surface area (Å²) >= 11 is 0. The maximum absolute atomic E-state index is 9.55. The number of rotatable bonds is 4. The highest BCUT2D eigenvalue weighted by Crippen LogP contribution is 2.07. The van der Waals surface area contributed by atoms with Gasteiger partial charge in [0, 0.05) is 44.9 Å². The number of hydrogen-bond acceptors (Lipinski definition) is 4. The average Bonchev–Trinajstić information content (AvgIpc) is 2.49. The van der Waals surface area contributed by atoms with Crippen molar-refractivity contribution in [2.45, 2.75) is 13.5 Å². The van der Waals surface area contributed by atoms with Crippen LogP contribution < -0.4 is 5.32 Å². The summed E-state index contributed by atoms with van der Waals surface area (Å²) in [5.41, 5.74) is 2.77. The van der Waals surface area contributed by atoms with Gasteiger partial charge in [0.25, 0.3) is 0 Å². The van der Waals surface area contributed by atoms with Crippen LogP contribution in [0.1, 0.15) is 11.1 Å². The molecule has 6 nitrogen and oxygen atoms in total. The van der Waals surface area contributed by atoms with Crippen LogP contribution >= 0.6 is 0 Å². The number of aliphatic carboxylic acids is 2. The second-order valence-corrected chi connectivity index (χ2v) is 5.02. The van der Waals surface area contributed by atoms with Gasteiger partial charge in [-0.2, -0.15) is 0 Å². The number of carboxylic acid groups (broad SMARTS) is 2. The predicted octanol–water partition coefficient (Wildman–Crippen LogP) is 1.11. The number of benzene rings is 1. The molecule has 2 rings (SSSR count). The number of nitrogens with one attached hydrogen (secondary N) is 1. The van der Waals surface area contributed by atoms with Crippen LogP contribution in [-0.2, 0) is 16.1 Å². The molecule has 120 valence electrons. The van der Waals surface area contributed by atoms with Gasteiger partial charge in [-0.05, 0) is 12.5 Å². The van der Waals surface area contributed by atoms with E-state index in [-0.39, 0.29) is 0 Å². The lowest BCUT2D eigenvalue weighted by Gasteiger charge is -2.27. The molecule has 1 aromatic carbocycles. The second-order valence-electron chi connectivity index (χ2n) is 5.02. The first-order valence-corrected chi connectivity index (χ1v) is 7.10. The normalized spacial score (nSPS) is 15.1. The van der Waals surface area contributed by atoms with Crippen LogP contribution in [0.5, 0.6) is 0 Å². The molecule has 1 heterocycles. The number of hydrogen-bond donors (Lipinski definition) is 3. The van der Waals surface area contributed by atoms with E-state index < -0.39 is 11.9 Å². The molecule has 1 aliphatic rings. The fraction of sp³-hybridized carbons (Fsp3) is 0.375. The third-order valence-corrected chi connectivity index (χ3v) is 3.10. The molecule has 0 amide bonds. The van der Waals surface area contributed by atoms with E-state index in [4.69, 9.17) is 10.2 Å². The van der Waals surface area contributed by atoms with Gasteiger partial charge in [-0.15, -0.1) is 0 Å². The van der Waals surface area contributed by atoms with E-state index in [1.54, 1.807) is 0 Å². The minimum Gasteiger partial charge on any atom is -0.478 e. The Morgan fingerprint density at radius 2 is 1.59 bits per heavy atom. The monoisotopic (exact) mass is 306 g/mol. The molecule has 0 radical (unpaired) electrons. The van der Waals surface area contributed by atoms with Gasteiger partial charge in [0.15, 0.2) is 0 Å². The van der Waals surface area contributed by atoms with E-state index in [1.165, 1.54) is 24.2 Å². The van der Waals surface area contributed by atoms with Crippen molar-refractivity contribution in [2.75, 3.05) is 26.2 Å². The minimum absolute atomic E-state index is 0.558. The van der Waals surface area contributed by atoms with Crippen molar-refractivity contribution in [2.24, 2.45) is 0 Å². The van der Waals surface area contributed by atoms with Crippen LogP contribution in [0, 0.1) is 6.92 Å². The highest BCUT2D eigenvalue weighted by molar-refractivity contribution is 5.89. The number of carboxylic acids is 2. The lowest BCUT2D eigenvalue weighted by atomic mass is 10.1. The van der Waals surface area contributed by atoms with E-state index in [0.717, 1.165) is 19.6 Å². The Labute approximate surface area is 130 Å². The van der Waals surface area contributed by atoms with Crippen molar-refractivity contribution >= 4 is 11.9 Å². The minimum atomic E-state index is -1.26. The van der Waals surface area contributed by atoms with Crippen molar-refractivity contribution in [3.05, 3.63) is 47.5 Å². The molecular formula is C16H22N2O4. The van der Waals surface area contributed by atoms with Gasteiger partial charge >= 0.3 is 11.9 Å². The zero-order chi connectivity index (χ0) is 16.4. The summed E-state index contributed by atoms with van der Waals surface area (Å²) in [5, 5.41) is 19.0. The number of piperazine rings is 1. The molecule has 1 aromatic rings. The number of nitrogens with zero attached hydrogens (tertiary/aromatic N) is 1. The fourth-order valence-electron chi connectivity index (χ4n) is 1.96. The van der Waals surface area contributed by atoms with Crippen molar-refractivity contribution in [3.63, 3.8) is 0 Å². The van der Waals surface area contributed by atoms with Gasteiger partial charge in [-0.25, -0.2) is 9.59 Å². The van der Waals surface area contributed by atoms with Gasteiger partial charge in [-0.1, -0.05) is 29.8 Å². The lowest BCUT2D eigenvalue weighted by Crippen LogP contribution is -2.42. The quantitative estimate of drug-likeness (QED) is 0.722. The molecule has 6 heteroatoms. The molecule has 0 saturated carbocycles. The summed E-state index contributed by atoms with van der Waals surface area (Å²) in [6.07, 6.45) is 1.12. The highest BCUT2D eigenvalue weighted by atomic mass is 16.4. The van der Waals surface area contributed by atoms with Crippen LogP contribution in [0.15, 0.2) is 36.4 Å². The molecule has 3 N–H and O–H groups in total. The van der Waals surface area contributed by atoms with Crippen LogP contribution in [0.3, 0.4) is 0 Å². The molecular weight excluding hydrogens is 284 g/mol. The topological polar surface area (TPSA) is 89.9 Å². The molecule has 22 heavy (non-hydrogen) atoms. The summed E-state index contributed by atoms with van der Waals surface area (Å²) in [6.45, 7) is 7.84. The SMILES string of the molecule is Cc1ccc(CN2CCNCC2)cc1.O=C(O)/C=C\C(=O)O. The molecule has 0 bridgehead atoms. The molecule has 1 fully saturated rings. The third kappa shape index (κ3) is 8.18. The van der Waals surface area contributed by atoms with Crippen LogP contribution in [-0.4, -0.2) is 53.2 Å². The van der Waals surface area contributed by atoms with Gasteiger partial charge < -0.3 is 15.5 Å². The summed E-state index contributed by atoms with van der Waals surface area (Å²) < 4.78 is 0. The molecule has 0 aliphatic carbocycles. The van der Waals surface area contributed by atoms with Crippen LogP contribution in [0.2, 0.25) is 0 Å². The van der Waals surface area contributed by atoms with E-state index >= 15 is 0 Å². The summed E-state index contributed by atoms with van der Waals surface area (Å²) in [6, 6.07) is 8.85. The molecule has 0 unspecified atom stereocenters. The van der Waals surface area contributed by atoms with Crippen molar-refractivity contribution in [3.8, 4) is 0 Å². The van der Waals surface area contributed by atoms with Crippen molar-refractivity contribution in [1.29, 1.82) is 0 Å². The molecule has 1 aliphatic heterocycles. The first-order chi connectivity index (χ1) is 10.5. The number of aryl methyl sites for hydroxylation is 1. The molecule has 0 atom stereocenters. The maximum Gasteiger partial charge on any atom is 0.328 e. The predicted molar refractivity (Wildman–Crippen MR) is 83.7 cm³/mol. The van der Waals surface area contributed by atoms with Crippen LogP contribution in [0.4, 0.5) is 0 Å². The first-order valence-electron chi connectivity index (χ1n) is 7.10. The largest absolute Gasteiger partial charge is 0.478 e. The Morgan fingerprint density at radius 3 is 2.05 bits per heavy atom. The van der Waals surface area contributed by atoms with Crippen molar-refractivity contribution in [1.82, 2.24) is 10.2 Å². The van der Waals surface area contributed by atoms with Gasteiger partial charge in [0.2, 0.25) is 0 Å². The molecule has 0 aromatic heterocycles. The van der Waals surface area contributed by atoms with Crippen molar-refractivity contribution < 1.29 is 19.8 Å². The Balaban J connectivity index is 0.000000261. The summed E-state index contributed by atoms with van der Waals surface area (Å²) in [5.74, 6) is -2.51. The highest BCUT2D eigenvalue weighted by Gasteiger charge is 2.09. The van der Waals surface area contributed by atoms with E-state index in [2.05, 4.69) is 41.4 Å². The first kappa shape index (κ1) is 17.9. The average molecular weight is 306 g/mol. The second kappa shape index (κ2) is 9.70. The zero-order valence-electron chi connectivity index (χ0n) is 12.7. The number of carbonyl (C=O) groups is 2. The van der Waals surface area contributed by atoms with Crippen LogP contribution in [0.25, 0.3) is 0 Å². The van der Waals surface area contributed by atoms with E-state index in [1.807, 2.05) is 0 Å². The standard InChI is InChI=1S/C12H18N2.C4H4O4/c1-11-2-4-12(5-3-11)10-14-8-6-13-7-9-14;5-3(6)1-2-4(7)8/h2-5,13H,6-10H2,1H3;1-2H,(H,5,6)(H,7,8)/b;2-1-. The zero-order valence-corrected chi connectivity index (χ0v) is 12.7. The molecule has 1 saturated heterocycles. The van der Waals surface area contributed by atoms with E-state index in [0.29, 0.717) is 12.2 Å². The third-order valence-electron chi connectivity index (χ3n) is 3.10. The summed E-state index contributed by atoms with van der Waals surface area (Å²) in [4.78, 5) is 21.6. The van der Waals surface area contributed by atoms with Gasteiger partial charge in [0.1, 0.15) is 0 Å².